The standard InChI is InChI=1S/C13H18N2O3S/c16-12(14-11-2-1-9-19-11)15-5-8-18-13(10-15)3-6-17-7-4-13/h1-2,9H,3-8,10H2,(H,14,16). The van der Waals surface area contributed by atoms with Crippen molar-refractivity contribution in [3.05, 3.63) is 17.5 Å². The lowest BCUT2D eigenvalue weighted by Gasteiger charge is -2.44. The van der Waals surface area contributed by atoms with Crippen LogP contribution in [-0.4, -0.2) is 49.4 Å². The molecule has 3 heterocycles. The van der Waals surface area contributed by atoms with E-state index in [9.17, 15) is 4.79 Å². The normalized spacial score (nSPS) is 22.4. The van der Waals surface area contributed by atoms with Gasteiger partial charge >= 0.3 is 6.03 Å². The summed E-state index contributed by atoms with van der Waals surface area (Å²) in [5, 5.41) is 5.77. The van der Waals surface area contributed by atoms with Gasteiger partial charge in [-0.25, -0.2) is 4.79 Å². The van der Waals surface area contributed by atoms with Crippen LogP contribution in [0.25, 0.3) is 0 Å². The van der Waals surface area contributed by atoms with Gasteiger partial charge in [0.25, 0.3) is 0 Å². The molecule has 2 fully saturated rings. The summed E-state index contributed by atoms with van der Waals surface area (Å²) in [6.07, 6.45) is 1.74. The summed E-state index contributed by atoms with van der Waals surface area (Å²) in [5.41, 5.74) is -0.191. The van der Waals surface area contributed by atoms with Crippen molar-refractivity contribution in [2.24, 2.45) is 0 Å². The molecule has 1 aromatic heterocycles. The maximum atomic E-state index is 12.2. The highest BCUT2D eigenvalue weighted by atomic mass is 32.1. The van der Waals surface area contributed by atoms with Crippen molar-refractivity contribution < 1.29 is 14.3 Å². The molecule has 19 heavy (non-hydrogen) atoms. The van der Waals surface area contributed by atoms with Crippen molar-refractivity contribution in [1.29, 1.82) is 0 Å². The fourth-order valence-electron chi connectivity index (χ4n) is 2.60. The predicted molar refractivity (Wildman–Crippen MR) is 73.6 cm³/mol. The molecule has 2 amide bonds. The molecular weight excluding hydrogens is 264 g/mol. The van der Waals surface area contributed by atoms with Crippen molar-refractivity contribution in [2.45, 2.75) is 18.4 Å². The molecule has 104 valence electrons. The number of carbonyl (C=O) groups excluding carboxylic acids is 1. The fraction of sp³-hybridized carbons (Fsp3) is 0.615. The van der Waals surface area contributed by atoms with E-state index in [2.05, 4.69) is 5.32 Å². The molecule has 0 atom stereocenters. The molecule has 0 bridgehead atoms. The van der Waals surface area contributed by atoms with E-state index in [4.69, 9.17) is 9.47 Å². The highest BCUT2D eigenvalue weighted by Gasteiger charge is 2.39. The van der Waals surface area contributed by atoms with E-state index in [0.717, 1.165) is 31.1 Å². The number of morpholine rings is 1. The van der Waals surface area contributed by atoms with Crippen molar-refractivity contribution in [1.82, 2.24) is 4.90 Å². The Labute approximate surface area is 116 Å². The van der Waals surface area contributed by atoms with Crippen LogP contribution in [-0.2, 0) is 9.47 Å². The van der Waals surface area contributed by atoms with Crippen molar-refractivity contribution in [3.63, 3.8) is 0 Å². The van der Waals surface area contributed by atoms with Gasteiger partial charge in [0.15, 0.2) is 0 Å². The lowest BCUT2D eigenvalue weighted by Crippen LogP contribution is -2.56. The number of hydrogen-bond acceptors (Lipinski definition) is 4. The smallest absolute Gasteiger partial charge is 0.322 e. The zero-order valence-corrected chi connectivity index (χ0v) is 11.6. The minimum absolute atomic E-state index is 0.0309. The number of anilines is 1. The Kier molecular flexibility index (Phi) is 3.72. The molecule has 0 saturated carbocycles. The zero-order valence-electron chi connectivity index (χ0n) is 10.8. The van der Waals surface area contributed by atoms with E-state index in [-0.39, 0.29) is 11.6 Å². The summed E-state index contributed by atoms with van der Waals surface area (Å²) in [7, 11) is 0. The molecule has 0 aromatic carbocycles. The lowest BCUT2D eigenvalue weighted by atomic mass is 9.92. The monoisotopic (exact) mass is 282 g/mol. The number of nitrogens with one attached hydrogen (secondary N) is 1. The largest absolute Gasteiger partial charge is 0.381 e. The number of ether oxygens (including phenoxy) is 2. The fourth-order valence-corrected chi connectivity index (χ4v) is 3.21. The molecule has 3 rings (SSSR count). The van der Waals surface area contributed by atoms with Crippen LogP contribution in [0.3, 0.4) is 0 Å². The minimum Gasteiger partial charge on any atom is -0.381 e. The maximum absolute atomic E-state index is 12.2. The van der Waals surface area contributed by atoms with E-state index in [1.807, 2.05) is 22.4 Å². The molecular formula is C13H18N2O3S. The Bertz CT molecular complexity index is 424. The van der Waals surface area contributed by atoms with Crippen LogP contribution < -0.4 is 5.32 Å². The van der Waals surface area contributed by atoms with Crippen LogP contribution in [0.5, 0.6) is 0 Å². The van der Waals surface area contributed by atoms with E-state index < -0.39 is 0 Å². The molecule has 2 saturated heterocycles. The Balaban J connectivity index is 1.62. The number of urea groups is 1. The third-order valence-corrected chi connectivity index (χ3v) is 4.48. The van der Waals surface area contributed by atoms with Gasteiger partial charge in [0.2, 0.25) is 0 Å². The predicted octanol–water partition coefficient (Wildman–Crippen LogP) is 2.16. The molecule has 1 spiro atoms. The van der Waals surface area contributed by atoms with Gasteiger partial charge in [-0.05, 0) is 17.5 Å². The molecule has 0 aliphatic carbocycles. The molecule has 0 radical (unpaired) electrons. The highest BCUT2D eigenvalue weighted by Crippen LogP contribution is 2.29. The van der Waals surface area contributed by atoms with Crippen molar-refractivity contribution in [3.8, 4) is 0 Å². The average Bonchev–Trinajstić information content (AvgIpc) is 2.92. The second-order valence-electron chi connectivity index (χ2n) is 4.97. The summed E-state index contributed by atoms with van der Waals surface area (Å²) in [6.45, 7) is 3.37. The molecule has 1 N–H and O–H groups in total. The van der Waals surface area contributed by atoms with Crippen LogP contribution in [0.2, 0.25) is 0 Å². The number of hydrogen-bond donors (Lipinski definition) is 1. The van der Waals surface area contributed by atoms with Gasteiger partial charge < -0.3 is 14.4 Å². The summed E-state index contributed by atoms with van der Waals surface area (Å²) >= 11 is 1.53. The molecule has 2 aliphatic rings. The first-order valence-corrected chi connectivity index (χ1v) is 7.47. The SMILES string of the molecule is O=C(Nc1cccs1)N1CCOC2(CCOCC2)C1. The van der Waals surface area contributed by atoms with E-state index in [0.29, 0.717) is 19.7 Å². The molecule has 1 aromatic rings. The topological polar surface area (TPSA) is 50.8 Å². The highest BCUT2D eigenvalue weighted by molar-refractivity contribution is 7.14. The molecule has 2 aliphatic heterocycles. The first-order chi connectivity index (χ1) is 9.27. The number of thiophene rings is 1. The van der Waals surface area contributed by atoms with Crippen LogP contribution in [0, 0.1) is 0 Å². The second kappa shape index (κ2) is 5.48. The van der Waals surface area contributed by atoms with Gasteiger partial charge in [0.1, 0.15) is 0 Å². The summed E-state index contributed by atoms with van der Waals surface area (Å²) in [5.74, 6) is 0. The maximum Gasteiger partial charge on any atom is 0.322 e. The van der Waals surface area contributed by atoms with E-state index >= 15 is 0 Å². The van der Waals surface area contributed by atoms with Crippen LogP contribution in [0.15, 0.2) is 17.5 Å². The summed E-state index contributed by atoms with van der Waals surface area (Å²) in [6, 6.07) is 3.81. The third kappa shape index (κ3) is 2.91. The summed E-state index contributed by atoms with van der Waals surface area (Å²) < 4.78 is 11.3. The third-order valence-electron chi connectivity index (χ3n) is 3.69. The first-order valence-electron chi connectivity index (χ1n) is 6.59. The van der Waals surface area contributed by atoms with Gasteiger partial charge in [0, 0.05) is 32.6 Å². The Hall–Kier alpha value is -1.11. The quantitative estimate of drug-likeness (QED) is 0.859. The number of carbonyl (C=O) groups is 1. The Morgan fingerprint density at radius 3 is 2.95 bits per heavy atom. The average molecular weight is 282 g/mol. The van der Waals surface area contributed by atoms with Gasteiger partial charge in [-0.2, -0.15) is 0 Å². The molecule has 6 heteroatoms. The number of nitrogens with zero attached hydrogens (tertiary/aromatic N) is 1. The number of amides is 2. The van der Waals surface area contributed by atoms with Crippen LogP contribution in [0.4, 0.5) is 9.80 Å². The first kappa shape index (κ1) is 12.9. The van der Waals surface area contributed by atoms with Crippen molar-refractivity contribution >= 4 is 22.4 Å². The Morgan fingerprint density at radius 2 is 2.21 bits per heavy atom. The van der Waals surface area contributed by atoms with Gasteiger partial charge in [-0.3, -0.25) is 5.32 Å². The van der Waals surface area contributed by atoms with Crippen LogP contribution in [0.1, 0.15) is 12.8 Å². The Morgan fingerprint density at radius 1 is 1.37 bits per heavy atom. The molecule has 5 nitrogen and oxygen atoms in total. The van der Waals surface area contributed by atoms with Crippen molar-refractivity contribution in [2.75, 3.05) is 38.2 Å². The van der Waals surface area contributed by atoms with E-state index in [1.54, 1.807) is 0 Å². The second-order valence-corrected chi connectivity index (χ2v) is 5.92. The number of rotatable bonds is 1. The summed E-state index contributed by atoms with van der Waals surface area (Å²) in [4.78, 5) is 14.1. The van der Waals surface area contributed by atoms with Crippen LogP contribution >= 0.6 is 11.3 Å². The zero-order chi connectivity index (χ0) is 13.1. The van der Waals surface area contributed by atoms with Gasteiger partial charge in [-0.1, -0.05) is 0 Å². The van der Waals surface area contributed by atoms with Gasteiger partial charge in [0.05, 0.1) is 23.8 Å². The lowest BCUT2D eigenvalue weighted by molar-refractivity contribution is -0.144. The minimum atomic E-state index is -0.191. The van der Waals surface area contributed by atoms with E-state index in [1.165, 1.54) is 11.3 Å². The van der Waals surface area contributed by atoms with Gasteiger partial charge in [-0.15, -0.1) is 11.3 Å². The molecule has 0 unspecified atom stereocenters.